The van der Waals surface area contributed by atoms with E-state index in [1.54, 1.807) is 4.90 Å². The van der Waals surface area contributed by atoms with Gasteiger partial charge in [-0.1, -0.05) is 29.8 Å². The predicted octanol–water partition coefficient (Wildman–Crippen LogP) is 4.95. The molecule has 1 unspecified atom stereocenters. The van der Waals surface area contributed by atoms with Crippen molar-refractivity contribution < 1.29 is 13.9 Å². The van der Waals surface area contributed by atoms with Crippen LogP contribution in [0.3, 0.4) is 0 Å². The molecule has 1 aliphatic heterocycles. The second-order valence-corrected chi connectivity index (χ2v) is 7.47. The Balaban J connectivity index is 1.74. The van der Waals surface area contributed by atoms with Crippen molar-refractivity contribution in [3.63, 3.8) is 0 Å². The first-order valence-corrected chi connectivity index (χ1v) is 10.3. The van der Waals surface area contributed by atoms with E-state index >= 15 is 0 Å². The second-order valence-electron chi connectivity index (χ2n) is 7.05. The van der Waals surface area contributed by atoms with Crippen molar-refractivity contribution >= 4 is 24.2 Å². The third kappa shape index (κ3) is 4.03. The molecule has 1 aliphatic rings. The van der Waals surface area contributed by atoms with Gasteiger partial charge in [0.25, 0.3) is 5.91 Å². The van der Waals surface area contributed by atoms with Crippen LogP contribution in [0.15, 0.2) is 75.7 Å². The Morgan fingerprint density at radius 3 is 2.48 bits per heavy atom. The molecule has 2 heterocycles. The van der Waals surface area contributed by atoms with Crippen LogP contribution in [0.4, 0.5) is 5.69 Å². The normalized spacial score (nSPS) is 16.1. The topological polar surface area (TPSA) is 78.5 Å². The maximum atomic E-state index is 12.5. The van der Waals surface area contributed by atoms with Crippen LogP contribution in [-0.2, 0) is 4.79 Å². The molecule has 3 aromatic rings. The molecular formula is C24H21N3O3S. The SMILES string of the molecule is CCOc1ccc(N2C(S)=C(C#N)C(=O)NC2c2ccc(-c3ccc(C)cc3)o2)cc1. The number of carbonyl (C=O) groups is 1. The molecule has 0 bridgehead atoms. The highest BCUT2D eigenvalue weighted by Crippen LogP contribution is 2.38. The molecule has 31 heavy (non-hydrogen) atoms. The molecule has 1 aromatic heterocycles. The van der Waals surface area contributed by atoms with Crippen molar-refractivity contribution in [1.82, 2.24) is 5.32 Å². The summed E-state index contributed by atoms with van der Waals surface area (Å²) in [7, 11) is 0. The quantitative estimate of drug-likeness (QED) is 0.559. The van der Waals surface area contributed by atoms with Gasteiger partial charge in [0, 0.05) is 11.3 Å². The van der Waals surface area contributed by atoms with Crippen LogP contribution in [0, 0.1) is 18.3 Å². The van der Waals surface area contributed by atoms with Crippen LogP contribution in [0.25, 0.3) is 11.3 Å². The zero-order chi connectivity index (χ0) is 22.0. The Bertz CT molecular complexity index is 1170. The molecule has 1 atom stereocenters. The number of thiol groups is 1. The lowest BCUT2D eigenvalue weighted by Gasteiger charge is -2.36. The fourth-order valence-corrected chi connectivity index (χ4v) is 3.80. The van der Waals surface area contributed by atoms with E-state index in [9.17, 15) is 10.1 Å². The van der Waals surface area contributed by atoms with E-state index in [-0.39, 0.29) is 10.6 Å². The molecule has 4 rings (SSSR count). The van der Waals surface area contributed by atoms with Crippen molar-refractivity contribution in [2.75, 3.05) is 11.5 Å². The average Bonchev–Trinajstić information content (AvgIpc) is 3.25. The van der Waals surface area contributed by atoms with Gasteiger partial charge in [0.1, 0.15) is 28.9 Å². The first kappa shape index (κ1) is 20.6. The van der Waals surface area contributed by atoms with E-state index in [2.05, 4.69) is 17.9 Å². The highest BCUT2D eigenvalue weighted by atomic mass is 32.1. The van der Waals surface area contributed by atoms with Crippen LogP contribution in [0.2, 0.25) is 0 Å². The molecule has 0 saturated heterocycles. The maximum Gasteiger partial charge on any atom is 0.266 e. The number of nitrogens with zero attached hydrogens (tertiary/aromatic N) is 2. The number of carbonyl (C=O) groups excluding carboxylic acids is 1. The minimum Gasteiger partial charge on any atom is -0.494 e. The summed E-state index contributed by atoms with van der Waals surface area (Å²) >= 11 is 4.52. The third-order valence-corrected chi connectivity index (χ3v) is 5.41. The molecule has 7 heteroatoms. The average molecular weight is 432 g/mol. The Labute approximate surface area is 186 Å². The molecule has 1 N–H and O–H groups in total. The molecule has 6 nitrogen and oxygen atoms in total. The molecule has 0 radical (unpaired) electrons. The van der Waals surface area contributed by atoms with Gasteiger partial charge in [0.05, 0.1) is 11.6 Å². The molecule has 1 amide bonds. The minimum atomic E-state index is -0.658. The Hall–Kier alpha value is -3.63. The Morgan fingerprint density at radius 2 is 1.84 bits per heavy atom. The monoisotopic (exact) mass is 431 g/mol. The number of benzene rings is 2. The molecule has 0 aliphatic carbocycles. The smallest absolute Gasteiger partial charge is 0.266 e. The molecule has 0 spiro atoms. The van der Waals surface area contributed by atoms with Gasteiger partial charge >= 0.3 is 0 Å². The molecular weight excluding hydrogens is 410 g/mol. The number of anilines is 1. The van der Waals surface area contributed by atoms with Crippen LogP contribution in [0.5, 0.6) is 5.75 Å². The summed E-state index contributed by atoms with van der Waals surface area (Å²) in [5.74, 6) is 1.45. The first-order valence-electron chi connectivity index (χ1n) is 9.85. The summed E-state index contributed by atoms with van der Waals surface area (Å²) in [5, 5.41) is 12.6. The number of furan rings is 1. The van der Waals surface area contributed by atoms with Crippen molar-refractivity contribution in [2.24, 2.45) is 0 Å². The van der Waals surface area contributed by atoms with E-state index in [1.165, 1.54) is 0 Å². The molecule has 156 valence electrons. The highest BCUT2D eigenvalue weighted by Gasteiger charge is 2.35. The number of amides is 1. The lowest BCUT2D eigenvalue weighted by molar-refractivity contribution is -0.118. The Morgan fingerprint density at radius 1 is 1.13 bits per heavy atom. The number of nitrogens with one attached hydrogen (secondary N) is 1. The summed E-state index contributed by atoms with van der Waals surface area (Å²) in [5.41, 5.74) is 2.77. The number of hydrogen-bond donors (Lipinski definition) is 2. The van der Waals surface area contributed by atoms with Crippen molar-refractivity contribution in [2.45, 2.75) is 20.0 Å². The van der Waals surface area contributed by atoms with E-state index in [0.717, 1.165) is 22.6 Å². The summed E-state index contributed by atoms with van der Waals surface area (Å²) in [6, 6.07) is 21.0. The fourth-order valence-electron chi connectivity index (χ4n) is 3.42. The summed E-state index contributed by atoms with van der Waals surface area (Å²) in [6.45, 7) is 4.50. The van der Waals surface area contributed by atoms with E-state index in [4.69, 9.17) is 9.15 Å². The van der Waals surface area contributed by atoms with Gasteiger partial charge in [-0.15, -0.1) is 12.6 Å². The second kappa shape index (κ2) is 8.62. The van der Waals surface area contributed by atoms with Gasteiger partial charge in [-0.25, -0.2) is 0 Å². The minimum absolute atomic E-state index is 0.0567. The van der Waals surface area contributed by atoms with Crippen molar-refractivity contribution in [1.29, 1.82) is 5.26 Å². The number of aryl methyl sites for hydroxylation is 1. The number of rotatable bonds is 5. The molecule has 0 fully saturated rings. The fraction of sp³-hybridized carbons (Fsp3) is 0.167. The lowest BCUT2D eigenvalue weighted by Crippen LogP contribution is -2.45. The number of hydrogen-bond acceptors (Lipinski definition) is 6. The highest BCUT2D eigenvalue weighted by molar-refractivity contribution is 7.84. The summed E-state index contributed by atoms with van der Waals surface area (Å²) < 4.78 is 11.6. The van der Waals surface area contributed by atoms with Gasteiger partial charge in [-0.3, -0.25) is 4.79 Å². The van der Waals surface area contributed by atoms with Gasteiger partial charge in [0.2, 0.25) is 0 Å². The number of ether oxygens (including phenoxy) is 1. The van der Waals surface area contributed by atoms with Crippen molar-refractivity contribution in [3.05, 3.63) is 82.6 Å². The third-order valence-electron chi connectivity index (χ3n) is 4.97. The van der Waals surface area contributed by atoms with E-state index in [0.29, 0.717) is 18.1 Å². The zero-order valence-electron chi connectivity index (χ0n) is 17.1. The zero-order valence-corrected chi connectivity index (χ0v) is 18.0. The van der Waals surface area contributed by atoms with Gasteiger partial charge < -0.3 is 19.4 Å². The molecule has 2 aromatic carbocycles. The van der Waals surface area contributed by atoms with Gasteiger partial charge in [0.15, 0.2) is 6.17 Å². The van der Waals surface area contributed by atoms with E-state index in [1.807, 2.05) is 80.6 Å². The summed E-state index contributed by atoms with van der Waals surface area (Å²) in [4.78, 5) is 14.3. The first-order chi connectivity index (χ1) is 15.0. The van der Waals surface area contributed by atoms with Gasteiger partial charge in [-0.05, 0) is 50.2 Å². The van der Waals surface area contributed by atoms with Gasteiger partial charge in [-0.2, -0.15) is 5.26 Å². The van der Waals surface area contributed by atoms with Crippen molar-refractivity contribution in [3.8, 4) is 23.1 Å². The van der Waals surface area contributed by atoms with Crippen LogP contribution in [-0.4, -0.2) is 12.5 Å². The largest absolute Gasteiger partial charge is 0.494 e. The lowest BCUT2D eigenvalue weighted by atomic mass is 10.1. The van der Waals surface area contributed by atoms with Crippen LogP contribution < -0.4 is 15.0 Å². The van der Waals surface area contributed by atoms with Crippen LogP contribution in [0.1, 0.15) is 24.4 Å². The Kier molecular flexibility index (Phi) is 5.74. The molecule has 0 saturated carbocycles. The standard InChI is InChI=1S/C24H21N3O3S/c1-3-29-18-10-8-17(9-11-18)27-22(26-23(28)19(14-25)24(27)31)21-13-12-20(30-21)16-6-4-15(2)5-7-16/h4-13,22,31H,3H2,1-2H3,(H,26,28). The predicted molar refractivity (Wildman–Crippen MR) is 121 cm³/mol. The summed E-state index contributed by atoms with van der Waals surface area (Å²) in [6.07, 6.45) is -0.658. The maximum absolute atomic E-state index is 12.5. The number of nitriles is 1. The van der Waals surface area contributed by atoms with Crippen LogP contribution >= 0.6 is 12.6 Å². The van der Waals surface area contributed by atoms with E-state index < -0.39 is 12.1 Å².